The van der Waals surface area contributed by atoms with Crippen LogP contribution in [0.15, 0.2) is 0 Å². The molecule has 0 aromatic rings. The van der Waals surface area contributed by atoms with E-state index in [2.05, 4.69) is 24.1 Å². The van der Waals surface area contributed by atoms with Crippen LogP contribution in [0.4, 0.5) is 0 Å². The van der Waals surface area contributed by atoms with Crippen molar-refractivity contribution in [3.8, 4) is 0 Å². The van der Waals surface area contributed by atoms with Crippen molar-refractivity contribution in [3.05, 3.63) is 0 Å². The standard InChI is InChI=1S/C16H34N2O/c1-4-7-15-8-5-11-18(13-9-15)12-6-10-16(2,14-19)17-3/h15,17,19H,4-14H2,1-3H3. The maximum atomic E-state index is 9.38. The summed E-state index contributed by atoms with van der Waals surface area (Å²) in [5, 5.41) is 12.6. The molecule has 3 heteroatoms. The van der Waals surface area contributed by atoms with Crippen molar-refractivity contribution in [2.24, 2.45) is 5.92 Å². The Morgan fingerprint density at radius 2 is 2.11 bits per heavy atom. The van der Waals surface area contributed by atoms with Gasteiger partial charge in [-0.2, -0.15) is 0 Å². The molecule has 1 fully saturated rings. The third-order valence-electron chi connectivity index (χ3n) is 4.79. The molecule has 0 amide bonds. The summed E-state index contributed by atoms with van der Waals surface area (Å²) in [6.45, 7) is 8.37. The molecule has 1 aliphatic heterocycles. The summed E-state index contributed by atoms with van der Waals surface area (Å²) in [4.78, 5) is 2.63. The van der Waals surface area contributed by atoms with Gasteiger partial charge in [-0.25, -0.2) is 0 Å². The highest BCUT2D eigenvalue weighted by molar-refractivity contribution is 4.81. The van der Waals surface area contributed by atoms with Gasteiger partial charge in [-0.1, -0.05) is 19.8 Å². The van der Waals surface area contributed by atoms with Crippen molar-refractivity contribution in [2.75, 3.05) is 33.3 Å². The summed E-state index contributed by atoms with van der Waals surface area (Å²) < 4.78 is 0. The lowest BCUT2D eigenvalue weighted by atomic mass is 9.96. The second kappa shape index (κ2) is 8.93. The molecule has 114 valence electrons. The van der Waals surface area contributed by atoms with Gasteiger partial charge >= 0.3 is 0 Å². The molecule has 2 unspecified atom stereocenters. The maximum absolute atomic E-state index is 9.38. The third kappa shape index (κ3) is 6.24. The number of aliphatic hydroxyl groups excluding tert-OH is 1. The first-order chi connectivity index (χ1) is 9.13. The van der Waals surface area contributed by atoms with Gasteiger partial charge in [0.05, 0.1) is 6.61 Å². The van der Waals surface area contributed by atoms with Gasteiger partial charge < -0.3 is 15.3 Å². The Bertz CT molecular complexity index is 229. The molecular formula is C16H34N2O. The zero-order chi connectivity index (χ0) is 14.1. The van der Waals surface area contributed by atoms with E-state index >= 15 is 0 Å². The fourth-order valence-corrected chi connectivity index (χ4v) is 3.12. The summed E-state index contributed by atoms with van der Waals surface area (Å²) in [6, 6.07) is 0. The molecule has 0 aromatic carbocycles. The Morgan fingerprint density at radius 1 is 1.32 bits per heavy atom. The van der Waals surface area contributed by atoms with Crippen LogP contribution >= 0.6 is 0 Å². The van der Waals surface area contributed by atoms with Crippen LogP contribution in [0, 0.1) is 5.92 Å². The van der Waals surface area contributed by atoms with Gasteiger partial charge in [0.15, 0.2) is 0 Å². The van der Waals surface area contributed by atoms with E-state index in [4.69, 9.17) is 0 Å². The Hall–Kier alpha value is -0.120. The molecule has 19 heavy (non-hydrogen) atoms. The average molecular weight is 270 g/mol. The molecule has 0 spiro atoms. The van der Waals surface area contributed by atoms with Crippen molar-refractivity contribution in [3.63, 3.8) is 0 Å². The normalized spacial score (nSPS) is 24.9. The van der Waals surface area contributed by atoms with Gasteiger partial charge in [0.25, 0.3) is 0 Å². The van der Waals surface area contributed by atoms with Crippen LogP contribution in [0.3, 0.4) is 0 Å². The minimum atomic E-state index is -0.101. The van der Waals surface area contributed by atoms with Crippen molar-refractivity contribution >= 4 is 0 Å². The Morgan fingerprint density at radius 3 is 2.74 bits per heavy atom. The summed E-state index contributed by atoms with van der Waals surface area (Å²) in [6.07, 6.45) is 9.16. The van der Waals surface area contributed by atoms with Crippen molar-refractivity contribution < 1.29 is 5.11 Å². The fourth-order valence-electron chi connectivity index (χ4n) is 3.12. The van der Waals surface area contributed by atoms with E-state index in [-0.39, 0.29) is 12.1 Å². The quantitative estimate of drug-likeness (QED) is 0.712. The largest absolute Gasteiger partial charge is 0.394 e. The topological polar surface area (TPSA) is 35.5 Å². The second-order valence-corrected chi connectivity index (χ2v) is 6.50. The molecule has 2 atom stereocenters. The Kier molecular flexibility index (Phi) is 7.96. The molecule has 1 rings (SSSR count). The molecule has 0 bridgehead atoms. The van der Waals surface area contributed by atoms with E-state index in [0.29, 0.717) is 0 Å². The van der Waals surface area contributed by atoms with Crippen LogP contribution in [0.1, 0.15) is 58.8 Å². The van der Waals surface area contributed by atoms with Gasteiger partial charge in [0.1, 0.15) is 0 Å². The van der Waals surface area contributed by atoms with E-state index in [9.17, 15) is 5.11 Å². The maximum Gasteiger partial charge on any atom is 0.0610 e. The van der Waals surface area contributed by atoms with Crippen molar-refractivity contribution in [2.45, 2.75) is 64.3 Å². The second-order valence-electron chi connectivity index (χ2n) is 6.50. The smallest absolute Gasteiger partial charge is 0.0610 e. The first-order valence-electron chi connectivity index (χ1n) is 8.15. The zero-order valence-electron chi connectivity index (χ0n) is 13.2. The lowest BCUT2D eigenvalue weighted by molar-refractivity contribution is 0.164. The molecular weight excluding hydrogens is 236 g/mol. The van der Waals surface area contributed by atoms with Crippen LogP contribution < -0.4 is 5.32 Å². The summed E-state index contributed by atoms with van der Waals surface area (Å²) >= 11 is 0. The number of likely N-dealkylation sites (tertiary alicyclic amines) is 1. The third-order valence-corrected chi connectivity index (χ3v) is 4.79. The van der Waals surface area contributed by atoms with Gasteiger partial charge in [-0.3, -0.25) is 0 Å². The van der Waals surface area contributed by atoms with E-state index in [1.165, 1.54) is 58.2 Å². The lowest BCUT2D eigenvalue weighted by Gasteiger charge is -2.28. The molecule has 0 aromatic heterocycles. The predicted octanol–water partition coefficient (Wildman–Crippen LogP) is 2.64. The zero-order valence-corrected chi connectivity index (χ0v) is 13.2. The lowest BCUT2D eigenvalue weighted by Crippen LogP contribution is -2.44. The van der Waals surface area contributed by atoms with Crippen LogP contribution in [0.5, 0.6) is 0 Å². The minimum Gasteiger partial charge on any atom is -0.394 e. The highest BCUT2D eigenvalue weighted by atomic mass is 16.3. The summed E-state index contributed by atoms with van der Waals surface area (Å²) in [7, 11) is 1.94. The number of hydrogen-bond donors (Lipinski definition) is 2. The summed E-state index contributed by atoms with van der Waals surface area (Å²) in [5.74, 6) is 0.968. The van der Waals surface area contributed by atoms with E-state index in [1.54, 1.807) is 0 Å². The molecule has 1 heterocycles. The molecule has 1 aliphatic rings. The molecule has 0 aliphatic carbocycles. The number of aliphatic hydroxyl groups is 1. The predicted molar refractivity (Wildman–Crippen MR) is 82.5 cm³/mol. The number of nitrogens with zero attached hydrogens (tertiary/aromatic N) is 1. The number of likely N-dealkylation sites (N-methyl/N-ethyl adjacent to an activating group) is 1. The molecule has 3 nitrogen and oxygen atoms in total. The summed E-state index contributed by atoms with van der Waals surface area (Å²) in [5.41, 5.74) is -0.101. The molecule has 1 saturated heterocycles. The average Bonchev–Trinajstić information content (AvgIpc) is 2.65. The highest BCUT2D eigenvalue weighted by Gasteiger charge is 2.21. The van der Waals surface area contributed by atoms with Crippen LogP contribution in [-0.4, -0.2) is 48.8 Å². The van der Waals surface area contributed by atoms with Crippen LogP contribution in [0.2, 0.25) is 0 Å². The highest BCUT2D eigenvalue weighted by Crippen LogP contribution is 2.22. The van der Waals surface area contributed by atoms with Gasteiger partial charge in [0.2, 0.25) is 0 Å². The molecule has 2 N–H and O–H groups in total. The Labute approximate surface area is 119 Å². The van der Waals surface area contributed by atoms with Crippen LogP contribution in [-0.2, 0) is 0 Å². The first-order valence-corrected chi connectivity index (χ1v) is 8.15. The fraction of sp³-hybridized carbons (Fsp3) is 1.00. The van der Waals surface area contributed by atoms with E-state index in [0.717, 1.165) is 12.3 Å². The number of nitrogens with one attached hydrogen (secondary N) is 1. The van der Waals surface area contributed by atoms with Gasteiger partial charge in [-0.15, -0.1) is 0 Å². The Balaban J connectivity index is 2.23. The molecule has 0 saturated carbocycles. The number of rotatable bonds is 8. The van der Waals surface area contributed by atoms with E-state index < -0.39 is 0 Å². The van der Waals surface area contributed by atoms with Crippen molar-refractivity contribution in [1.82, 2.24) is 10.2 Å². The first kappa shape index (κ1) is 16.9. The number of hydrogen-bond acceptors (Lipinski definition) is 3. The van der Waals surface area contributed by atoms with Gasteiger partial charge in [-0.05, 0) is 71.6 Å². The minimum absolute atomic E-state index is 0.101. The SMILES string of the molecule is CCCC1CCCN(CCCC(C)(CO)NC)CC1. The monoisotopic (exact) mass is 270 g/mol. The van der Waals surface area contributed by atoms with E-state index in [1.807, 2.05) is 7.05 Å². The van der Waals surface area contributed by atoms with Crippen LogP contribution in [0.25, 0.3) is 0 Å². The van der Waals surface area contributed by atoms with Gasteiger partial charge in [0, 0.05) is 5.54 Å². The molecule has 0 radical (unpaired) electrons. The van der Waals surface area contributed by atoms with Crippen molar-refractivity contribution in [1.29, 1.82) is 0 Å².